The molecule has 7 heteroatoms. The van der Waals surface area contributed by atoms with Gasteiger partial charge in [0.1, 0.15) is 0 Å². The fraction of sp³-hybridized carbons (Fsp3) is 0.950. The highest BCUT2D eigenvalue weighted by Gasteiger charge is 2.56. The van der Waals surface area contributed by atoms with Gasteiger partial charge in [-0.2, -0.15) is 0 Å². The average molecular weight is 495 g/mol. The van der Waals surface area contributed by atoms with Gasteiger partial charge >= 0.3 is 0 Å². The second-order valence-electron chi connectivity index (χ2n) is 8.17. The molecule has 0 radical (unpaired) electrons. The number of aliphatic imine (C=N–C) groups is 1. The third-order valence-electron chi connectivity index (χ3n) is 6.16. The van der Waals surface area contributed by atoms with Gasteiger partial charge < -0.3 is 25.2 Å². The molecule has 3 fully saturated rings. The summed E-state index contributed by atoms with van der Waals surface area (Å²) >= 11 is 0. The molecule has 0 saturated heterocycles. The van der Waals surface area contributed by atoms with Crippen LogP contribution in [0.4, 0.5) is 0 Å². The first kappa shape index (κ1) is 23.2. The van der Waals surface area contributed by atoms with Crippen molar-refractivity contribution in [3.8, 4) is 0 Å². The van der Waals surface area contributed by atoms with Crippen LogP contribution in [-0.4, -0.2) is 62.2 Å². The molecule has 0 bridgehead atoms. The van der Waals surface area contributed by atoms with E-state index < -0.39 is 6.10 Å². The van der Waals surface area contributed by atoms with E-state index in [2.05, 4.69) is 29.5 Å². The monoisotopic (exact) mass is 495 g/mol. The van der Waals surface area contributed by atoms with Crippen molar-refractivity contribution in [3.63, 3.8) is 0 Å². The molecular formula is C20H38IN3O3. The van der Waals surface area contributed by atoms with E-state index in [0.717, 1.165) is 38.1 Å². The van der Waals surface area contributed by atoms with Crippen LogP contribution in [0, 0.1) is 11.3 Å². The standard InChI is InChI=1S/C20H37N3O3.HI/c1-3-21-19(22-12-16(24)14-25-13-15-7-8-15)23-17-11-18(26-4-2)20(17)9-5-6-10-20;/h15-18,24H,3-14H2,1-2H3,(H2,21,22,23);1H. The van der Waals surface area contributed by atoms with Gasteiger partial charge in [-0.05, 0) is 51.9 Å². The minimum atomic E-state index is -0.540. The zero-order chi connectivity index (χ0) is 18.4. The van der Waals surface area contributed by atoms with E-state index in [1.54, 1.807) is 0 Å². The fourth-order valence-electron chi connectivity index (χ4n) is 4.48. The summed E-state index contributed by atoms with van der Waals surface area (Å²) in [7, 11) is 0. The maximum absolute atomic E-state index is 10.1. The second-order valence-corrected chi connectivity index (χ2v) is 8.17. The number of guanidine groups is 1. The van der Waals surface area contributed by atoms with E-state index in [4.69, 9.17) is 9.47 Å². The summed E-state index contributed by atoms with van der Waals surface area (Å²) < 4.78 is 11.6. The maximum atomic E-state index is 10.1. The van der Waals surface area contributed by atoms with Crippen molar-refractivity contribution in [1.82, 2.24) is 10.6 Å². The quantitative estimate of drug-likeness (QED) is 0.247. The summed E-state index contributed by atoms with van der Waals surface area (Å²) in [4.78, 5) is 4.60. The SMILES string of the molecule is CCNC(=NCC(O)COCC1CC1)NC1CC(OCC)C12CCCC2.I. The van der Waals surface area contributed by atoms with Crippen LogP contribution in [0.15, 0.2) is 4.99 Å². The Bertz CT molecular complexity index is 467. The summed E-state index contributed by atoms with van der Waals surface area (Å²) in [6.07, 6.45) is 8.52. The van der Waals surface area contributed by atoms with E-state index in [-0.39, 0.29) is 29.4 Å². The predicted octanol–water partition coefficient (Wildman–Crippen LogP) is 2.68. The smallest absolute Gasteiger partial charge is 0.191 e. The molecule has 0 aromatic rings. The zero-order valence-electron chi connectivity index (χ0n) is 16.9. The molecule has 0 amide bonds. The number of rotatable bonds is 10. The van der Waals surface area contributed by atoms with Gasteiger partial charge in [-0.1, -0.05) is 12.8 Å². The maximum Gasteiger partial charge on any atom is 0.191 e. The molecule has 3 aliphatic carbocycles. The molecule has 6 nitrogen and oxygen atoms in total. The molecule has 3 atom stereocenters. The highest BCUT2D eigenvalue weighted by atomic mass is 127. The Hall–Kier alpha value is -0.120. The van der Waals surface area contributed by atoms with Crippen LogP contribution >= 0.6 is 24.0 Å². The fourth-order valence-corrected chi connectivity index (χ4v) is 4.48. The van der Waals surface area contributed by atoms with Crippen LogP contribution in [0.2, 0.25) is 0 Å². The minimum Gasteiger partial charge on any atom is -0.389 e. The Morgan fingerprint density at radius 3 is 2.63 bits per heavy atom. The van der Waals surface area contributed by atoms with Gasteiger partial charge in [0.25, 0.3) is 0 Å². The number of hydrogen-bond donors (Lipinski definition) is 3. The Morgan fingerprint density at radius 2 is 2.00 bits per heavy atom. The number of aliphatic hydroxyl groups is 1. The van der Waals surface area contributed by atoms with Crippen LogP contribution in [-0.2, 0) is 9.47 Å². The summed E-state index contributed by atoms with van der Waals surface area (Å²) in [5.74, 6) is 1.53. The van der Waals surface area contributed by atoms with E-state index in [9.17, 15) is 5.11 Å². The number of nitrogens with one attached hydrogen (secondary N) is 2. The van der Waals surface area contributed by atoms with Gasteiger partial charge in [0, 0.05) is 31.2 Å². The molecule has 3 unspecified atom stereocenters. The third kappa shape index (κ3) is 6.18. The number of nitrogens with zero attached hydrogens (tertiary/aromatic N) is 1. The van der Waals surface area contributed by atoms with Crippen LogP contribution in [0.3, 0.4) is 0 Å². The molecule has 0 aliphatic heterocycles. The van der Waals surface area contributed by atoms with Gasteiger partial charge in [0.2, 0.25) is 0 Å². The molecule has 3 rings (SSSR count). The van der Waals surface area contributed by atoms with Crippen LogP contribution in [0.1, 0.15) is 58.8 Å². The minimum absolute atomic E-state index is 0. The molecule has 3 aliphatic rings. The second kappa shape index (κ2) is 11.2. The van der Waals surface area contributed by atoms with Gasteiger partial charge in [0.05, 0.1) is 25.4 Å². The van der Waals surface area contributed by atoms with Gasteiger partial charge in [-0.15, -0.1) is 24.0 Å². The number of aliphatic hydroxyl groups excluding tert-OH is 1. The summed E-state index contributed by atoms with van der Waals surface area (Å²) in [6, 6.07) is 0.419. The van der Waals surface area contributed by atoms with Crippen LogP contribution < -0.4 is 10.6 Å². The lowest BCUT2D eigenvalue weighted by molar-refractivity contribution is -0.125. The first-order valence-corrected chi connectivity index (χ1v) is 10.6. The Kier molecular flexibility index (Phi) is 9.58. The zero-order valence-corrected chi connectivity index (χ0v) is 19.2. The van der Waals surface area contributed by atoms with Crippen molar-refractivity contribution in [2.24, 2.45) is 16.3 Å². The molecule has 0 aromatic heterocycles. The summed E-state index contributed by atoms with van der Waals surface area (Å²) in [5.41, 5.74) is 0.276. The third-order valence-corrected chi connectivity index (χ3v) is 6.16. The first-order chi connectivity index (χ1) is 12.7. The van der Waals surface area contributed by atoms with Crippen molar-refractivity contribution < 1.29 is 14.6 Å². The lowest BCUT2D eigenvalue weighted by atomic mass is 9.60. The van der Waals surface area contributed by atoms with Gasteiger partial charge in [-0.25, -0.2) is 0 Å². The normalized spacial score (nSPS) is 27.7. The molecule has 0 aromatic carbocycles. The van der Waals surface area contributed by atoms with Crippen molar-refractivity contribution in [2.45, 2.75) is 77.0 Å². The molecule has 1 spiro atoms. The van der Waals surface area contributed by atoms with Crippen LogP contribution in [0.5, 0.6) is 0 Å². The number of hydrogen-bond acceptors (Lipinski definition) is 4. The van der Waals surface area contributed by atoms with Gasteiger partial charge in [-0.3, -0.25) is 4.99 Å². The van der Waals surface area contributed by atoms with Gasteiger partial charge in [0.15, 0.2) is 5.96 Å². The molecule has 158 valence electrons. The first-order valence-electron chi connectivity index (χ1n) is 10.6. The van der Waals surface area contributed by atoms with E-state index in [0.29, 0.717) is 25.3 Å². The van der Waals surface area contributed by atoms with Crippen molar-refractivity contribution in [2.75, 3.05) is 32.9 Å². The van der Waals surface area contributed by atoms with E-state index in [1.807, 2.05) is 0 Å². The molecule has 27 heavy (non-hydrogen) atoms. The number of ether oxygens (including phenoxy) is 2. The lowest BCUT2D eigenvalue weighted by Gasteiger charge is -2.54. The number of halogens is 1. The molecule has 0 heterocycles. The Labute approximate surface area is 181 Å². The Morgan fingerprint density at radius 1 is 1.26 bits per heavy atom. The summed E-state index contributed by atoms with van der Waals surface area (Å²) in [6.45, 7) is 7.29. The largest absolute Gasteiger partial charge is 0.389 e. The van der Waals surface area contributed by atoms with Crippen molar-refractivity contribution in [1.29, 1.82) is 0 Å². The van der Waals surface area contributed by atoms with E-state index in [1.165, 1.54) is 38.5 Å². The average Bonchev–Trinajstić information content (AvgIpc) is 3.29. The highest BCUT2D eigenvalue weighted by Crippen LogP contribution is 2.54. The topological polar surface area (TPSA) is 75.1 Å². The summed E-state index contributed by atoms with van der Waals surface area (Å²) in [5, 5.41) is 17.1. The van der Waals surface area contributed by atoms with Crippen molar-refractivity contribution in [3.05, 3.63) is 0 Å². The highest BCUT2D eigenvalue weighted by molar-refractivity contribution is 14.0. The molecular weight excluding hydrogens is 457 g/mol. The molecule has 3 saturated carbocycles. The van der Waals surface area contributed by atoms with Crippen LogP contribution in [0.25, 0.3) is 0 Å². The Balaban J connectivity index is 0.00000261. The molecule has 3 N–H and O–H groups in total. The van der Waals surface area contributed by atoms with Crippen molar-refractivity contribution >= 4 is 29.9 Å². The predicted molar refractivity (Wildman–Crippen MR) is 119 cm³/mol. The van der Waals surface area contributed by atoms with E-state index >= 15 is 0 Å². The lowest BCUT2D eigenvalue weighted by Crippen LogP contribution is -2.65.